The number of thiophene rings is 1. The number of hydrogen-bond donors (Lipinski definition) is 1. The van der Waals surface area contributed by atoms with Crippen molar-refractivity contribution in [2.75, 3.05) is 13.1 Å². The first-order valence-corrected chi connectivity index (χ1v) is 6.80. The van der Waals surface area contributed by atoms with Crippen molar-refractivity contribution in [2.24, 2.45) is 0 Å². The molecule has 1 atom stereocenters. The van der Waals surface area contributed by atoms with Gasteiger partial charge in [0.05, 0.1) is 6.04 Å². The van der Waals surface area contributed by atoms with E-state index in [1.54, 1.807) is 0 Å². The molecule has 0 bridgehead atoms. The third-order valence-corrected chi connectivity index (χ3v) is 4.50. The molecule has 0 aliphatic carbocycles. The highest BCUT2D eigenvalue weighted by Gasteiger charge is 2.29. The first-order valence-electron chi connectivity index (χ1n) is 5.92. The fraction of sp³-hybridized carbons (Fsp3) is 0.583. The molecule has 2 aliphatic heterocycles. The molecule has 0 aromatic carbocycles. The van der Waals surface area contributed by atoms with Crippen LogP contribution in [0, 0.1) is 0 Å². The molecule has 0 spiro atoms. The van der Waals surface area contributed by atoms with Crippen LogP contribution in [0.15, 0.2) is 11.4 Å². The zero-order chi connectivity index (χ0) is 11.0. The van der Waals surface area contributed by atoms with E-state index in [1.165, 1.54) is 10.4 Å². The van der Waals surface area contributed by atoms with Gasteiger partial charge in [-0.3, -0.25) is 4.79 Å². The van der Waals surface area contributed by atoms with Crippen LogP contribution in [0.2, 0.25) is 0 Å². The highest BCUT2D eigenvalue weighted by Crippen LogP contribution is 2.24. The van der Waals surface area contributed by atoms with Gasteiger partial charge in [0.25, 0.3) is 0 Å². The number of fused-ring (bicyclic) bond motifs is 1. The van der Waals surface area contributed by atoms with Gasteiger partial charge in [0, 0.05) is 18.0 Å². The standard InChI is InChI=1S/C12H16N2OS.ClH/c15-12(10-2-1-5-13-10)14-6-3-11-9(8-14)4-7-16-11;/h4,7,10,13H,1-3,5-6,8H2;1H. The average Bonchev–Trinajstić information content (AvgIpc) is 2.98. The summed E-state index contributed by atoms with van der Waals surface area (Å²) in [5, 5.41) is 5.41. The summed E-state index contributed by atoms with van der Waals surface area (Å²) in [6.07, 6.45) is 3.17. The van der Waals surface area contributed by atoms with Crippen molar-refractivity contribution in [1.82, 2.24) is 10.2 Å². The third-order valence-electron chi connectivity index (χ3n) is 3.48. The molecule has 0 saturated carbocycles. The fourth-order valence-electron chi connectivity index (χ4n) is 2.55. The summed E-state index contributed by atoms with van der Waals surface area (Å²) in [5.74, 6) is 0.300. The van der Waals surface area contributed by atoms with Crippen LogP contribution in [0.3, 0.4) is 0 Å². The van der Waals surface area contributed by atoms with Crippen molar-refractivity contribution in [3.05, 3.63) is 21.9 Å². The highest BCUT2D eigenvalue weighted by atomic mass is 35.5. The van der Waals surface area contributed by atoms with Crippen LogP contribution in [-0.2, 0) is 17.8 Å². The molecule has 1 unspecified atom stereocenters. The second-order valence-electron chi connectivity index (χ2n) is 4.53. The number of amides is 1. The second-order valence-corrected chi connectivity index (χ2v) is 5.53. The summed E-state index contributed by atoms with van der Waals surface area (Å²) in [4.78, 5) is 15.7. The summed E-state index contributed by atoms with van der Waals surface area (Å²) in [7, 11) is 0. The molecule has 1 fully saturated rings. The molecule has 1 amide bonds. The summed E-state index contributed by atoms with van der Waals surface area (Å²) in [6, 6.07) is 2.24. The number of rotatable bonds is 1. The van der Waals surface area contributed by atoms with Gasteiger partial charge in [0.2, 0.25) is 5.91 Å². The molecule has 1 aromatic heterocycles. The van der Waals surface area contributed by atoms with Crippen molar-refractivity contribution in [2.45, 2.75) is 31.8 Å². The van der Waals surface area contributed by atoms with E-state index < -0.39 is 0 Å². The number of nitrogens with one attached hydrogen (secondary N) is 1. The minimum absolute atomic E-state index is 0. The summed E-state index contributed by atoms with van der Waals surface area (Å²) < 4.78 is 0. The maximum absolute atomic E-state index is 12.2. The van der Waals surface area contributed by atoms with Crippen LogP contribution >= 0.6 is 23.7 Å². The quantitative estimate of drug-likeness (QED) is 0.846. The number of carbonyl (C=O) groups is 1. The predicted molar refractivity (Wildman–Crippen MR) is 71.7 cm³/mol. The maximum atomic E-state index is 12.2. The molecule has 17 heavy (non-hydrogen) atoms. The molecular formula is C12H17ClN2OS. The van der Waals surface area contributed by atoms with E-state index in [4.69, 9.17) is 0 Å². The molecular weight excluding hydrogens is 256 g/mol. The van der Waals surface area contributed by atoms with E-state index in [9.17, 15) is 4.79 Å². The average molecular weight is 273 g/mol. The molecule has 3 heterocycles. The van der Waals surface area contributed by atoms with E-state index in [0.717, 1.165) is 38.9 Å². The largest absolute Gasteiger partial charge is 0.337 e. The van der Waals surface area contributed by atoms with Gasteiger partial charge < -0.3 is 10.2 Å². The Morgan fingerprint density at radius 2 is 2.41 bits per heavy atom. The lowest BCUT2D eigenvalue weighted by molar-refractivity contribution is -0.134. The first kappa shape index (κ1) is 12.9. The van der Waals surface area contributed by atoms with Gasteiger partial charge in [0.1, 0.15) is 0 Å². The van der Waals surface area contributed by atoms with E-state index >= 15 is 0 Å². The van der Waals surface area contributed by atoms with Gasteiger partial charge in [0.15, 0.2) is 0 Å². The Morgan fingerprint density at radius 1 is 1.53 bits per heavy atom. The summed E-state index contributed by atoms with van der Waals surface area (Å²) in [6.45, 7) is 2.70. The highest BCUT2D eigenvalue weighted by molar-refractivity contribution is 7.10. The smallest absolute Gasteiger partial charge is 0.240 e. The van der Waals surface area contributed by atoms with Gasteiger partial charge in [-0.2, -0.15) is 0 Å². The second kappa shape index (κ2) is 5.38. The minimum Gasteiger partial charge on any atom is -0.337 e. The van der Waals surface area contributed by atoms with Gasteiger partial charge in [-0.15, -0.1) is 23.7 Å². The molecule has 2 aliphatic rings. The Labute approximate surface area is 112 Å². The third kappa shape index (κ3) is 2.49. The van der Waals surface area contributed by atoms with Crippen molar-refractivity contribution in [1.29, 1.82) is 0 Å². The van der Waals surface area contributed by atoms with E-state index in [-0.39, 0.29) is 18.4 Å². The molecule has 5 heteroatoms. The number of halogens is 1. The Morgan fingerprint density at radius 3 is 3.18 bits per heavy atom. The Bertz CT molecular complexity index is 401. The van der Waals surface area contributed by atoms with Crippen LogP contribution in [0.5, 0.6) is 0 Å². The number of nitrogens with zero attached hydrogens (tertiary/aromatic N) is 1. The molecule has 3 rings (SSSR count). The van der Waals surface area contributed by atoms with Crippen molar-refractivity contribution in [3.63, 3.8) is 0 Å². The van der Waals surface area contributed by atoms with Crippen molar-refractivity contribution in [3.8, 4) is 0 Å². The van der Waals surface area contributed by atoms with Crippen LogP contribution in [0.25, 0.3) is 0 Å². The van der Waals surface area contributed by atoms with Gasteiger partial charge >= 0.3 is 0 Å². The topological polar surface area (TPSA) is 32.3 Å². The SMILES string of the molecule is Cl.O=C(C1CCCN1)N1CCc2sccc2C1. The zero-order valence-electron chi connectivity index (χ0n) is 9.65. The van der Waals surface area contributed by atoms with Crippen LogP contribution in [0.1, 0.15) is 23.3 Å². The lowest BCUT2D eigenvalue weighted by atomic mass is 10.1. The van der Waals surface area contributed by atoms with E-state index in [2.05, 4.69) is 16.8 Å². The van der Waals surface area contributed by atoms with Gasteiger partial charge in [-0.1, -0.05) is 0 Å². The van der Waals surface area contributed by atoms with E-state index in [1.807, 2.05) is 16.2 Å². The Hall–Kier alpha value is -0.580. The summed E-state index contributed by atoms with van der Waals surface area (Å²) >= 11 is 1.82. The molecule has 94 valence electrons. The van der Waals surface area contributed by atoms with Crippen LogP contribution in [-0.4, -0.2) is 29.9 Å². The number of carbonyl (C=O) groups excluding carboxylic acids is 1. The van der Waals surface area contributed by atoms with Gasteiger partial charge in [-0.05, 0) is 42.8 Å². The van der Waals surface area contributed by atoms with Crippen molar-refractivity contribution < 1.29 is 4.79 Å². The Balaban J connectivity index is 0.00000108. The minimum atomic E-state index is 0. The van der Waals surface area contributed by atoms with Crippen LogP contribution in [0.4, 0.5) is 0 Å². The zero-order valence-corrected chi connectivity index (χ0v) is 11.3. The fourth-order valence-corrected chi connectivity index (χ4v) is 3.44. The monoisotopic (exact) mass is 272 g/mol. The Kier molecular flexibility index (Phi) is 4.07. The first-order chi connectivity index (χ1) is 7.84. The molecule has 1 saturated heterocycles. The molecule has 1 N–H and O–H groups in total. The number of hydrogen-bond acceptors (Lipinski definition) is 3. The lowest BCUT2D eigenvalue weighted by Crippen LogP contribution is -2.45. The van der Waals surface area contributed by atoms with Crippen LogP contribution < -0.4 is 5.32 Å². The van der Waals surface area contributed by atoms with Crippen molar-refractivity contribution >= 4 is 29.7 Å². The lowest BCUT2D eigenvalue weighted by Gasteiger charge is -2.29. The molecule has 1 aromatic rings. The molecule has 3 nitrogen and oxygen atoms in total. The normalized spacial score (nSPS) is 23.1. The molecule has 0 radical (unpaired) electrons. The predicted octanol–water partition coefficient (Wildman–Crippen LogP) is 1.81. The van der Waals surface area contributed by atoms with Gasteiger partial charge in [-0.25, -0.2) is 0 Å². The maximum Gasteiger partial charge on any atom is 0.240 e. The van der Waals surface area contributed by atoms with E-state index in [0.29, 0.717) is 5.91 Å². The summed E-state index contributed by atoms with van der Waals surface area (Å²) in [5.41, 5.74) is 1.35.